The van der Waals surface area contributed by atoms with Gasteiger partial charge in [-0.3, -0.25) is 0 Å². The molecule has 1 aliphatic heterocycles. The molecule has 0 amide bonds. The van der Waals surface area contributed by atoms with Crippen LogP contribution in [0.2, 0.25) is 0 Å². The second-order valence-electron chi connectivity index (χ2n) is 14.0. The molecule has 1 heterocycles. The van der Waals surface area contributed by atoms with Crippen LogP contribution in [-0.2, 0) is 9.47 Å². The summed E-state index contributed by atoms with van der Waals surface area (Å²) in [5.41, 5.74) is 0.255. The predicted octanol–water partition coefficient (Wildman–Crippen LogP) is 7.74. The fourth-order valence-electron chi connectivity index (χ4n) is 8.87. The van der Waals surface area contributed by atoms with Gasteiger partial charge in [0.1, 0.15) is 0 Å². The van der Waals surface area contributed by atoms with E-state index in [4.69, 9.17) is 9.47 Å². The number of hydrogen-bond acceptors (Lipinski definition) is 2. The maximum absolute atomic E-state index is 7.25. The Hall–Kier alpha value is -3.90. The zero-order chi connectivity index (χ0) is 33.9. The average molecular weight is 683 g/mol. The molecule has 2 nitrogen and oxygen atoms in total. The Labute approximate surface area is 293 Å². The summed E-state index contributed by atoms with van der Waals surface area (Å²) >= 11 is 0. The van der Waals surface area contributed by atoms with E-state index in [1.807, 2.05) is 0 Å². The first-order valence-electron chi connectivity index (χ1n) is 17.6. The van der Waals surface area contributed by atoms with E-state index in [2.05, 4.69) is 210 Å². The van der Waals surface area contributed by atoms with Crippen molar-refractivity contribution in [1.82, 2.24) is 0 Å². The minimum atomic E-state index is -2.73. The van der Waals surface area contributed by atoms with Gasteiger partial charge in [0.05, 0.1) is 0 Å². The molecule has 49 heavy (non-hydrogen) atoms. The third-order valence-corrected chi connectivity index (χ3v) is 21.7. The van der Waals surface area contributed by atoms with Gasteiger partial charge in [0.15, 0.2) is 0 Å². The Bertz CT molecular complexity index is 1580. The normalized spacial score (nSPS) is 19.5. The van der Waals surface area contributed by atoms with Crippen molar-refractivity contribution in [2.24, 2.45) is 0 Å². The van der Waals surface area contributed by atoms with Crippen LogP contribution in [0.25, 0.3) is 0 Å². The van der Waals surface area contributed by atoms with Crippen molar-refractivity contribution in [3.63, 3.8) is 0 Å². The predicted molar refractivity (Wildman–Crippen MR) is 216 cm³/mol. The third-order valence-electron chi connectivity index (χ3n) is 10.9. The summed E-state index contributed by atoms with van der Waals surface area (Å²) in [6.07, 6.45) is -0.333. The molecule has 4 atom stereocenters. The maximum atomic E-state index is 7.25. The van der Waals surface area contributed by atoms with Crippen LogP contribution in [0.15, 0.2) is 182 Å². The van der Waals surface area contributed by atoms with E-state index in [0.717, 1.165) is 0 Å². The molecule has 7 rings (SSSR count). The number of rotatable bonds is 10. The van der Waals surface area contributed by atoms with E-state index in [1.54, 1.807) is 0 Å². The van der Waals surface area contributed by atoms with Gasteiger partial charge in [0.25, 0.3) is 0 Å². The Morgan fingerprint density at radius 3 is 0.735 bits per heavy atom. The SMILES string of the molecule is C[C@H]([C@H]1OC(C)(C)O[C@@H]1[C@@H](C)[PH](c1ccccc1)(c1ccccc1)c1ccccc1)[PH](c1ccccc1)(c1ccccc1)c1ccccc1. The molecule has 4 heteroatoms. The van der Waals surface area contributed by atoms with E-state index >= 15 is 0 Å². The molecule has 0 radical (unpaired) electrons. The summed E-state index contributed by atoms with van der Waals surface area (Å²) in [6, 6.07) is 67.3. The Kier molecular flexibility index (Phi) is 9.70. The van der Waals surface area contributed by atoms with Crippen LogP contribution in [0.1, 0.15) is 27.7 Å². The summed E-state index contributed by atoms with van der Waals surface area (Å²) in [7, 11) is -5.46. The van der Waals surface area contributed by atoms with Gasteiger partial charge < -0.3 is 0 Å². The Morgan fingerprint density at radius 2 is 0.551 bits per heavy atom. The quantitative estimate of drug-likeness (QED) is 0.138. The van der Waals surface area contributed by atoms with Crippen molar-refractivity contribution in [2.75, 3.05) is 0 Å². The molecule has 1 aliphatic rings. The zero-order valence-electron chi connectivity index (χ0n) is 28.9. The van der Waals surface area contributed by atoms with Crippen molar-refractivity contribution in [1.29, 1.82) is 0 Å². The van der Waals surface area contributed by atoms with Crippen LogP contribution in [0.5, 0.6) is 0 Å². The van der Waals surface area contributed by atoms with Crippen molar-refractivity contribution in [2.45, 2.75) is 57.0 Å². The summed E-state index contributed by atoms with van der Waals surface area (Å²) in [4.78, 5) is 0. The van der Waals surface area contributed by atoms with Gasteiger partial charge in [0.2, 0.25) is 0 Å². The average Bonchev–Trinajstić information content (AvgIpc) is 3.50. The summed E-state index contributed by atoms with van der Waals surface area (Å²) in [5, 5.41) is 8.32. The van der Waals surface area contributed by atoms with Crippen molar-refractivity contribution in [3.05, 3.63) is 182 Å². The molecule has 0 spiro atoms. The molecule has 0 aromatic heterocycles. The summed E-state index contributed by atoms with van der Waals surface area (Å²) in [6.45, 7) is 9.11. The first-order valence-corrected chi connectivity index (χ1v) is 21.7. The first-order chi connectivity index (χ1) is 23.9. The van der Waals surface area contributed by atoms with Crippen LogP contribution >= 0.6 is 14.5 Å². The molecular weight excluding hydrogens is 634 g/mol. The van der Waals surface area contributed by atoms with Crippen LogP contribution in [0.4, 0.5) is 0 Å². The topological polar surface area (TPSA) is 18.5 Å². The molecule has 0 N–H and O–H groups in total. The third kappa shape index (κ3) is 6.00. The van der Waals surface area contributed by atoms with Gasteiger partial charge in [-0.1, -0.05) is 0 Å². The summed E-state index contributed by atoms with van der Waals surface area (Å²) in [5.74, 6) is -0.744. The van der Waals surface area contributed by atoms with Crippen LogP contribution in [0.3, 0.4) is 0 Å². The van der Waals surface area contributed by atoms with E-state index in [1.165, 1.54) is 31.8 Å². The van der Waals surface area contributed by atoms with Gasteiger partial charge in [-0.25, -0.2) is 0 Å². The van der Waals surface area contributed by atoms with Crippen LogP contribution in [-0.4, -0.2) is 29.3 Å². The minimum absolute atomic E-state index is 0.128. The molecular formula is C45H48O2P2. The zero-order valence-corrected chi connectivity index (χ0v) is 30.9. The van der Waals surface area contributed by atoms with Crippen molar-refractivity contribution in [3.8, 4) is 0 Å². The fraction of sp³-hybridized carbons (Fsp3) is 0.200. The summed E-state index contributed by atoms with van der Waals surface area (Å²) < 4.78 is 14.5. The van der Waals surface area contributed by atoms with Crippen molar-refractivity contribution < 1.29 is 9.47 Å². The second-order valence-corrected chi connectivity index (χ2v) is 22.5. The first kappa shape index (κ1) is 33.6. The Balaban J connectivity index is 1.48. The molecule has 6 aromatic carbocycles. The number of benzene rings is 6. The molecule has 0 aliphatic carbocycles. The molecule has 0 saturated carbocycles. The van der Waals surface area contributed by atoms with Crippen molar-refractivity contribution >= 4 is 46.4 Å². The molecule has 6 aromatic rings. The molecule has 1 fully saturated rings. The molecule has 0 bridgehead atoms. The van der Waals surface area contributed by atoms with Gasteiger partial charge in [0, 0.05) is 0 Å². The molecule has 0 unspecified atom stereocenters. The van der Waals surface area contributed by atoms with Gasteiger partial charge >= 0.3 is 295 Å². The van der Waals surface area contributed by atoms with E-state index in [9.17, 15) is 0 Å². The number of hydrogen-bond donors (Lipinski definition) is 0. The monoisotopic (exact) mass is 682 g/mol. The fourth-order valence-corrected chi connectivity index (χ4v) is 19.8. The Morgan fingerprint density at radius 1 is 0.367 bits per heavy atom. The van der Waals surface area contributed by atoms with E-state index in [0.29, 0.717) is 0 Å². The van der Waals surface area contributed by atoms with Crippen LogP contribution < -0.4 is 31.8 Å². The van der Waals surface area contributed by atoms with Gasteiger partial charge in [-0.15, -0.1) is 0 Å². The standard InChI is InChI=1S/C45H48O2P2/c1-35(48(37-23-11-5-12-24-37,38-25-13-6-14-26-38)39-27-15-7-16-28-39)43-44(47-45(3,4)46-43)36(2)49(40-29-17-8-18-30-40,41-31-19-9-20-32-41)42-33-21-10-22-34-42/h5-36,43-44,48-49H,1-4H3/t35-,36-,43-,44-/m1/s1. The van der Waals surface area contributed by atoms with Crippen LogP contribution in [0, 0.1) is 0 Å². The van der Waals surface area contributed by atoms with E-state index in [-0.39, 0.29) is 23.5 Å². The van der Waals surface area contributed by atoms with E-state index < -0.39 is 20.3 Å². The molecule has 1 saturated heterocycles. The number of ether oxygens (including phenoxy) is 2. The van der Waals surface area contributed by atoms with Gasteiger partial charge in [-0.2, -0.15) is 0 Å². The molecule has 250 valence electrons. The van der Waals surface area contributed by atoms with Gasteiger partial charge in [-0.05, 0) is 0 Å². The second kappa shape index (κ2) is 14.1.